The lowest BCUT2D eigenvalue weighted by atomic mass is 9.99. The van der Waals surface area contributed by atoms with Gasteiger partial charge in [0.15, 0.2) is 0 Å². The van der Waals surface area contributed by atoms with Gasteiger partial charge in [0.1, 0.15) is 0 Å². The fourth-order valence-electron chi connectivity index (χ4n) is 1.98. The molecule has 2 aromatic carbocycles. The van der Waals surface area contributed by atoms with Crippen molar-refractivity contribution in [1.82, 2.24) is 0 Å². The summed E-state index contributed by atoms with van der Waals surface area (Å²) >= 11 is 1.71. The number of carboxylic acid groups (broad SMARTS) is 1. The molecule has 0 unspecified atom stereocenters. The molecule has 0 N–H and O–H groups in total. The Bertz CT molecular complexity index is 615. The Labute approximate surface area is 123 Å². The van der Waals surface area contributed by atoms with Gasteiger partial charge in [-0.2, -0.15) is 0 Å². The molecular weight excluding hydrogens is 268 g/mol. The van der Waals surface area contributed by atoms with Gasteiger partial charge >= 0.3 is 0 Å². The topological polar surface area (TPSA) is 40.1 Å². The maximum atomic E-state index is 10.5. The van der Waals surface area contributed by atoms with Gasteiger partial charge in [0.25, 0.3) is 0 Å². The minimum absolute atomic E-state index is 0.780. The molecule has 0 aromatic heterocycles. The molecule has 0 atom stereocenters. The summed E-state index contributed by atoms with van der Waals surface area (Å²) in [5, 5.41) is 10.5. The zero-order valence-electron chi connectivity index (χ0n) is 11.2. The van der Waals surface area contributed by atoms with E-state index in [2.05, 4.69) is 30.5 Å². The Morgan fingerprint density at radius 1 is 1.15 bits per heavy atom. The molecule has 0 spiro atoms. The molecule has 20 heavy (non-hydrogen) atoms. The number of benzene rings is 2. The van der Waals surface area contributed by atoms with Crippen molar-refractivity contribution in [2.24, 2.45) is 0 Å². The van der Waals surface area contributed by atoms with Crippen LogP contribution in [0.2, 0.25) is 0 Å². The lowest BCUT2D eigenvalue weighted by molar-refractivity contribution is -0.297. The van der Waals surface area contributed by atoms with Crippen LogP contribution in [-0.4, -0.2) is 12.2 Å². The van der Waals surface area contributed by atoms with Gasteiger partial charge in [0.05, 0.1) is 5.97 Å². The first kappa shape index (κ1) is 14.4. The summed E-state index contributed by atoms with van der Waals surface area (Å²) in [6.45, 7) is 0. The molecule has 0 aliphatic heterocycles. The van der Waals surface area contributed by atoms with Gasteiger partial charge in [-0.1, -0.05) is 42.5 Å². The molecular formula is C17H15O2S-. The first-order valence-corrected chi connectivity index (χ1v) is 7.51. The van der Waals surface area contributed by atoms with Crippen LogP contribution in [0, 0.1) is 0 Å². The minimum atomic E-state index is -1.18. The minimum Gasteiger partial charge on any atom is -0.545 e. The number of hydrogen-bond acceptors (Lipinski definition) is 3. The molecule has 0 bridgehead atoms. The highest BCUT2D eigenvalue weighted by atomic mass is 32.2. The van der Waals surface area contributed by atoms with Crippen molar-refractivity contribution in [3.05, 3.63) is 71.3 Å². The van der Waals surface area contributed by atoms with Crippen LogP contribution >= 0.6 is 11.8 Å². The fraction of sp³-hybridized carbons (Fsp3) is 0.118. The molecule has 0 saturated carbocycles. The second kappa shape index (κ2) is 6.96. The predicted octanol–water partition coefficient (Wildman–Crippen LogP) is 2.76. The SMILES string of the molecule is CSc1ccc(Cc2ccccc2/C=C/C(=O)[O-])cc1. The molecule has 0 heterocycles. The number of thioether (sulfide) groups is 1. The van der Waals surface area contributed by atoms with E-state index >= 15 is 0 Å². The van der Waals surface area contributed by atoms with Crippen molar-refractivity contribution in [3.8, 4) is 0 Å². The fourth-order valence-corrected chi connectivity index (χ4v) is 2.39. The third-order valence-corrected chi connectivity index (χ3v) is 3.75. The van der Waals surface area contributed by atoms with E-state index in [1.165, 1.54) is 10.5 Å². The van der Waals surface area contributed by atoms with Gasteiger partial charge in [-0.15, -0.1) is 11.8 Å². The quantitative estimate of drug-likeness (QED) is 0.626. The summed E-state index contributed by atoms with van der Waals surface area (Å²) in [7, 11) is 0. The van der Waals surface area contributed by atoms with Crippen LogP contribution < -0.4 is 5.11 Å². The van der Waals surface area contributed by atoms with Crippen molar-refractivity contribution >= 4 is 23.8 Å². The largest absolute Gasteiger partial charge is 0.545 e. The first-order chi connectivity index (χ1) is 9.69. The van der Waals surface area contributed by atoms with E-state index in [9.17, 15) is 9.90 Å². The zero-order valence-corrected chi connectivity index (χ0v) is 12.0. The van der Waals surface area contributed by atoms with Gasteiger partial charge in [-0.25, -0.2) is 0 Å². The van der Waals surface area contributed by atoms with Crippen LogP contribution in [-0.2, 0) is 11.2 Å². The molecule has 0 radical (unpaired) electrons. The van der Waals surface area contributed by atoms with E-state index in [4.69, 9.17) is 0 Å². The molecule has 0 fully saturated rings. The third kappa shape index (κ3) is 4.00. The number of rotatable bonds is 5. The highest BCUT2D eigenvalue weighted by Gasteiger charge is 2.01. The molecule has 2 nitrogen and oxygen atoms in total. The van der Waals surface area contributed by atoms with E-state index in [0.29, 0.717) is 0 Å². The maximum absolute atomic E-state index is 10.5. The molecule has 102 valence electrons. The van der Waals surface area contributed by atoms with Gasteiger partial charge in [-0.3, -0.25) is 0 Å². The van der Waals surface area contributed by atoms with Crippen molar-refractivity contribution in [1.29, 1.82) is 0 Å². The highest BCUT2D eigenvalue weighted by Crippen LogP contribution is 2.19. The van der Waals surface area contributed by atoms with Crippen molar-refractivity contribution in [2.75, 3.05) is 6.26 Å². The van der Waals surface area contributed by atoms with E-state index in [1.54, 1.807) is 17.8 Å². The average Bonchev–Trinajstić information content (AvgIpc) is 2.47. The van der Waals surface area contributed by atoms with Gasteiger partial charge in [0, 0.05) is 4.90 Å². The van der Waals surface area contributed by atoms with Crippen molar-refractivity contribution in [3.63, 3.8) is 0 Å². The normalized spacial score (nSPS) is 10.8. The summed E-state index contributed by atoms with van der Waals surface area (Å²) in [6, 6.07) is 16.2. The zero-order chi connectivity index (χ0) is 14.4. The maximum Gasteiger partial charge on any atom is 0.0643 e. The number of aliphatic carboxylic acids is 1. The van der Waals surface area contributed by atoms with Crippen LogP contribution in [0.25, 0.3) is 6.08 Å². The summed E-state index contributed by atoms with van der Waals surface area (Å²) in [5.74, 6) is -1.18. The van der Waals surface area contributed by atoms with Crippen LogP contribution in [0.5, 0.6) is 0 Å². The molecule has 2 aromatic rings. The smallest absolute Gasteiger partial charge is 0.0643 e. The summed E-state index contributed by atoms with van der Waals surface area (Å²) < 4.78 is 0. The standard InChI is InChI=1S/C17H16O2S/c1-20-16-9-6-13(7-10-16)12-15-5-3-2-4-14(15)8-11-17(18)19/h2-11H,12H2,1H3,(H,18,19)/p-1/b11-8+. The average molecular weight is 283 g/mol. The number of carbonyl (C=O) groups excluding carboxylic acids is 1. The van der Waals surface area contributed by atoms with Crippen LogP contribution in [0.15, 0.2) is 59.5 Å². The van der Waals surface area contributed by atoms with Crippen LogP contribution in [0.4, 0.5) is 0 Å². The van der Waals surface area contributed by atoms with Crippen molar-refractivity contribution < 1.29 is 9.90 Å². The molecule has 2 rings (SSSR count). The summed E-state index contributed by atoms with van der Waals surface area (Å²) in [5.41, 5.74) is 3.21. The number of carboxylic acids is 1. The van der Waals surface area contributed by atoms with E-state index in [1.807, 2.05) is 24.3 Å². The summed E-state index contributed by atoms with van der Waals surface area (Å²) in [4.78, 5) is 11.7. The summed E-state index contributed by atoms with van der Waals surface area (Å²) in [6.07, 6.45) is 5.48. The Morgan fingerprint density at radius 3 is 2.50 bits per heavy atom. The second-order valence-corrected chi connectivity index (χ2v) is 5.26. The Morgan fingerprint density at radius 2 is 1.85 bits per heavy atom. The predicted molar refractivity (Wildman–Crippen MR) is 81.5 cm³/mol. The number of carbonyl (C=O) groups is 1. The molecule has 0 aliphatic rings. The third-order valence-electron chi connectivity index (χ3n) is 3.01. The Balaban J connectivity index is 2.21. The van der Waals surface area contributed by atoms with E-state index < -0.39 is 5.97 Å². The van der Waals surface area contributed by atoms with Gasteiger partial charge in [-0.05, 0) is 47.6 Å². The molecule has 0 amide bonds. The Hall–Kier alpha value is -2.00. The molecule has 3 heteroatoms. The monoisotopic (exact) mass is 283 g/mol. The highest BCUT2D eigenvalue weighted by molar-refractivity contribution is 7.98. The Kier molecular flexibility index (Phi) is 5.02. The van der Waals surface area contributed by atoms with Crippen molar-refractivity contribution in [2.45, 2.75) is 11.3 Å². The first-order valence-electron chi connectivity index (χ1n) is 6.29. The van der Waals surface area contributed by atoms with Gasteiger partial charge < -0.3 is 9.90 Å². The second-order valence-electron chi connectivity index (χ2n) is 4.38. The lowest BCUT2D eigenvalue weighted by Crippen LogP contribution is -2.18. The van der Waals surface area contributed by atoms with E-state index in [0.717, 1.165) is 23.6 Å². The van der Waals surface area contributed by atoms with E-state index in [-0.39, 0.29) is 0 Å². The number of hydrogen-bond donors (Lipinski definition) is 0. The molecule has 0 saturated heterocycles. The van der Waals surface area contributed by atoms with Crippen LogP contribution in [0.3, 0.4) is 0 Å². The van der Waals surface area contributed by atoms with Crippen LogP contribution in [0.1, 0.15) is 16.7 Å². The molecule has 0 aliphatic carbocycles. The van der Waals surface area contributed by atoms with Gasteiger partial charge in [0.2, 0.25) is 0 Å². The lowest BCUT2D eigenvalue weighted by Gasteiger charge is -2.07.